The van der Waals surface area contributed by atoms with Crippen LogP contribution in [0.4, 0.5) is 5.69 Å². The number of nitrogens with one attached hydrogen (secondary N) is 1. The number of carbonyl (C=O) groups is 1. The molecule has 6 heteroatoms. The minimum Gasteiger partial charge on any atom is -0.456 e. The van der Waals surface area contributed by atoms with E-state index in [1.165, 1.54) is 0 Å². The zero-order valence-corrected chi connectivity index (χ0v) is 17.4. The molecule has 30 heavy (non-hydrogen) atoms. The Morgan fingerprint density at radius 1 is 1.07 bits per heavy atom. The lowest BCUT2D eigenvalue weighted by Gasteiger charge is -2.17. The highest BCUT2D eigenvalue weighted by molar-refractivity contribution is 6.31. The summed E-state index contributed by atoms with van der Waals surface area (Å²) in [5.41, 5.74) is 4.18. The Hall–Kier alpha value is -2.86. The third-order valence-corrected chi connectivity index (χ3v) is 5.43. The largest absolute Gasteiger partial charge is 0.456 e. The van der Waals surface area contributed by atoms with Gasteiger partial charge in [0.15, 0.2) is 0 Å². The standard InChI is InChI=1S/C24H23ClN2O3/c1-27(10-11-28)15-17-14-18(7-8-21(17)25)26-24(29)13-16-6-9-23-20(12-16)19-4-2-3-5-22(19)30-23/h2-9,12,14,28H,10-11,13,15H2,1H3,(H,26,29). The van der Waals surface area contributed by atoms with Crippen molar-refractivity contribution in [2.75, 3.05) is 25.5 Å². The van der Waals surface area contributed by atoms with Crippen molar-refractivity contribution in [1.82, 2.24) is 4.90 Å². The second-order valence-corrected chi connectivity index (χ2v) is 7.83. The summed E-state index contributed by atoms with van der Waals surface area (Å²) in [6.45, 7) is 1.23. The summed E-state index contributed by atoms with van der Waals surface area (Å²) in [6, 6.07) is 19.2. The Labute approximate surface area is 179 Å². The molecule has 5 nitrogen and oxygen atoms in total. The van der Waals surface area contributed by atoms with Gasteiger partial charge in [0.1, 0.15) is 11.2 Å². The molecule has 4 rings (SSSR count). The van der Waals surface area contributed by atoms with Gasteiger partial charge in [0.2, 0.25) is 5.91 Å². The van der Waals surface area contributed by atoms with E-state index in [0.717, 1.165) is 33.1 Å². The Morgan fingerprint density at radius 2 is 1.87 bits per heavy atom. The van der Waals surface area contributed by atoms with E-state index in [2.05, 4.69) is 5.32 Å². The molecule has 0 spiro atoms. The van der Waals surface area contributed by atoms with Crippen molar-refractivity contribution >= 4 is 45.1 Å². The number of anilines is 1. The van der Waals surface area contributed by atoms with Crippen LogP contribution in [0.15, 0.2) is 65.1 Å². The lowest BCUT2D eigenvalue weighted by atomic mass is 10.1. The first kappa shape index (κ1) is 20.4. The number of furan rings is 1. The fourth-order valence-corrected chi connectivity index (χ4v) is 3.77. The maximum absolute atomic E-state index is 12.6. The Bertz CT molecular complexity index is 1200. The van der Waals surface area contributed by atoms with Crippen LogP contribution in [0.2, 0.25) is 5.02 Å². The van der Waals surface area contributed by atoms with Gasteiger partial charge in [-0.15, -0.1) is 0 Å². The van der Waals surface area contributed by atoms with Gasteiger partial charge in [0.05, 0.1) is 13.0 Å². The van der Waals surface area contributed by atoms with E-state index in [1.807, 2.05) is 60.5 Å². The maximum Gasteiger partial charge on any atom is 0.228 e. The maximum atomic E-state index is 12.6. The predicted octanol–water partition coefficient (Wildman–Crippen LogP) is 4.84. The van der Waals surface area contributed by atoms with Gasteiger partial charge >= 0.3 is 0 Å². The molecule has 0 fully saturated rings. The van der Waals surface area contributed by atoms with Crippen molar-refractivity contribution in [3.8, 4) is 0 Å². The van der Waals surface area contributed by atoms with Crippen molar-refractivity contribution in [2.24, 2.45) is 0 Å². The van der Waals surface area contributed by atoms with Crippen LogP contribution < -0.4 is 5.32 Å². The fraction of sp³-hybridized carbons (Fsp3) is 0.208. The highest BCUT2D eigenvalue weighted by Gasteiger charge is 2.11. The third kappa shape index (κ3) is 4.49. The van der Waals surface area contributed by atoms with Crippen molar-refractivity contribution in [3.05, 3.63) is 76.8 Å². The van der Waals surface area contributed by atoms with Gasteiger partial charge in [-0.05, 0) is 54.6 Å². The van der Waals surface area contributed by atoms with E-state index in [9.17, 15) is 4.79 Å². The number of nitrogens with zero attached hydrogens (tertiary/aromatic N) is 1. The zero-order chi connectivity index (χ0) is 21.1. The summed E-state index contributed by atoms with van der Waals surface area (Å²) >= 11 is 6.29. The number of rotatable bonds is 7. The van der Waals surface area contributed by atoms with Gasteiger partial charge in [-0.1, -0.05) is 35.9 Å². The van der Waals surface area contributed by atoms with Crippen LogP contribution in [0.5, 0.6) is 0 Å². The molecule has 0 aliphatic heterocycles. The Morgan fingerprint density at radius 3 is 2.70 bits per heavy atom. The van der Waals surface area contributed by atoms with Gasteiger partial charge in [-0.3, -0.25) is 9.69 Å². The van der Waals surface area contributed by atoms with E-state index in [4.69, 9.17) is 21.1 Å². The molecule has 0 aliphatic carbocycles. The summed E-state index contributed by atoms with van der Waals surface area (Å²) in [5, 5.41) is 14.7. The highest BCUT2D eigenvalue weighted by atomic mass is 35.5. The SMILES string of the molecule is CN(CCO)Cc1cc(NC(=O)Cc2ccc3oc4ccccc4c3c2)ccc1Cl. The summed E-state index contributed by atoms with van der Waals surface area (Å²) in [6.07, 6.45) is 0.262. The number of amides is 1. The Balaban J connectivity index is 1.49. The van der Waals surface area contributed by atoms with Crippen LogP contribution >= 0.6 is 11.6 Å². The van der Waals surface area contributed by atoms with Gasteiger partial charge in [0.25, 0.3) is 0 Å². The normalized spacial score (nSPS) is 11.5. The van der Waals surface area contributed by atoms with E-state index < -0.39 is 0 Å². The van der Waals surface area contributed by atoms with Crippen LogP contribution in [0, 0.1) is 0 Å². The lowest BCUT2D eigenvalue weighted by Crippen LogP contribution is -2.22. The molecule has 0 saturated carbocycles. The molecule has 0 unspecified atom stereocenters. The first-order valence-corrected chi connectivity index (χ1v) is 10.2. The van der Waals surface area contributed by atoms with Gasteiger partial charge in [-0.25, -0.2) is 0 Å². The highest BCUT2D eigenvalue weighted by Crippen LogP contribution is 2.29. The molecule has 0 atom stereocenters. The van der Waals surface area contributed by atoms with Gasteiger partial charge < -0.3 is 14.8 Å². The van der Waals surface area contributed by atoms with Gasteiger partial charge in [-0.2, -0.15) is 0 Å². The van der Waals surface area contributed by atoms with E-state index in [-0.39, 0.29) is 18.9 Å². The first-order chi connectivity index (χ1) is 14.5. The van der Waals surface area contributed by atoms with Crippen molar-refractivity contribution in [3.63, 3.8) is 0 Å². The van der Waals surface area contributed by atoms with Crippen LogP contribution in [0.3, 0.4) is 0 Å². The molecule has 0 bridgehead atoms. The molecule has 1 amide bonds. The molecule has 2 N–H and O–H groups in total. The van der Waals surface area contributed by atoms with Crippen molar-refractivity contribution in [2.45, 2.75) is 13.0 Å². The monoisotopic (exact) mass is 422 g/mol. The molecule has 4 aromatic rings. The number of para-hydroxylation sites is 1. The first-order valence-electron chi connectivity index (χ1n) is 9.81. The average Bonchev–Trinajstić information content (AvgIpc) is 3.09. The van der Waals surface area contributed by atoms with Crippen LogP contribution in [0.1, 0.15) is 11.1 Å². The number of benzene rings is 3. The quantitative estimate of drug-likeness (QED) is 0.447. The fourth-order valence-electron chi connectivity index (χ4n) is 3.59. The Kier molecular flexibility index (Phi) is 6.04. The topological polar surface area (TPSA) is 65.7 Å². The minimum atomic E-state index is -0.0980. The molecule has 0 saturated heterocycles. The third-order valence-electron chi connectivity index (χ3n) is 5.06. The smallest absolute Gasteiger partial charge is 0.228 e. The molecule has 1 aromatic heterocycles. The summed E-state index contributed by atoms with van der Waals surface area (Å²) in [5.74, 6) is -0.0980. The molecule has 1 heterocycles. The molecule has 0 radical (unpaired) electrons. The van der Waals surface area contributed by atoms with Crippen LogP contribution in [-0.4, -0.2) is 36.1 Å². The number of hydrogen-bond donors (Lipinski definition) is 2. The number of hydrogen-bond acceptors (Lipinski definition) is 4. The number of aliphatic hydroxyl groups excluding tert-OH is 1. The predicted molar refractivity (Wildman–Crippen MR) is 121 cm³/mol. The number of halogens is 1. The molecule has 154 valence electrons. The van der Waals surface area contributed by atoms with Crippen molar-refractivity contribution < 1.29 is 14.3 Å². The molecule has 3 aromatic carbocycles. The zero-order valence-electron chi connectivity index (χ0n) is 16.7. The molecule has 0 aliphatic rings. The van der Waals surface area contributed by atoms with Crippen LogP contribution in [-0.2, 0) is 17.8 Å². The van der Waals surface area contributed by atoms with E-state index in [1.54, 1.807) is 12.1 Å². The second-order valence-electron chi connectivity index (χ2n) is 7.42. The van der Waals surface area contributed by atoms with Crippen LogP contribution in [0.25, 0.3) is 21.9 Å². The average molecular weight is 423 g/mol. The van der Waals surface area contributed by atoms with E-state index >= 15 is 0 Å². The number of likely N-dealkylation sites (N-methyl/N-ethyl adjacent to an activating group) is 1. The summed E-state index contributed by atoms with van der Waals surface area (Å²) < 4.78 is 5.85. The summed E-state index contributed by atoms with van der Waals surface area (Å²) in [4.78, 5) is 14.6. The lowest BCUT2D eigenvalue weighted by molar-refractivity contribution is -0.115. The second kappa shape index (κ2) is 8.88. The van der Waals surface area contributed by atoms with Gasteiger partial charge in [0, 0.05) is 34.6 Å². The number of carbonyl (C=O) groups excluding carboxylic acids is 1. The number of aliphatic hydroxyl groups is 1. The number of fused-ring (bicyclic) bond motifs is 3. The minimum absolute atomic E-state index is 0.0842. The molecular formula is C24H23ClN2O3. The molecular weight excluding hydrogens is 400 g/mol. The summed E-state index contributed by atoms with van der Waals surface area (Å²) in [7, 11) is 1.91. The van der Waals surface area contributed by atoms with Crippen molar-refractivity contribution in [1.29, 1.82) is 0 Å². The van der Waals surface area contributed by atoms with E-state index in [0.29, 0.717) is 23.8 Å².